The van der Waals surface area contributed by atoms with E-state index in [1.54, 1.807) is 42.5 Å². The highest BCUT2D eigenvalue weighted by molar-refractivity contribution is 5.90. The van der Waals surface area contributed by atoms with Crippen LogP contribution in [-0.2, 0) is 6.18 Å². The molecule has 0 bridgehead atoms. The number of methoxy groups -OCH3 is 1. The van der Waals surface area contributed by atoms with Crippen LogP contribution in [0.4, 0.5) is 13.2 Å². The minimum Gasteiger partial charge on any atom is -0.497 e. The van der Waals surface area contributed by atoms with Crippen molar-refractivity contribution in [3.63, 3.8) is 0 Å². The van der Waals surface area contributed by atoms with E-state index in [-0.39, 0.29) is 11.1 Å². The lowest BCUT2D eigenvalue weighted by Gasteiger charge is -2.15. The first-order chi connectivity index (χ1) is 10.5. The molecule has 0 radical (unpaired) electrons. The van der Waals surface area contributed by atoms with Crippen LogP contribution in [0.1, 0.15) is 5.56 Å². The van der Waals surface area contributed by atoms with Crippen molar-refractivity contribution >= 4 is 10.8 Å². The van der Waals surface area contributed by atoms with E-state index < -0.39 is 11.7 Å². The van der Waals surface area contributed by atoms with Gasteiger partial charge < -0.3 is 4.74 Å². The van der Waals surface area contributed by atoms with Crippen molar-refractivity contribution in [1.82, 2.24) is 4.98 Å². The maximum absolute atomic E-state index is 13.6. The van der Waals surface area contributed by atoms with E-state index in [1.807, 2.05) is 0 Å². The predicted molar refractivity (Wildman–Crippen MR) is 78.7 cm³/mol. The molecule has 0 saturated carbocycles. The van der Waals surface area contributed by atoms with Crippen LogP contribution in [-0.4, -0.2) is 12.1 Å². The summed E-state index contributed by atoms with van der Waals surface area (Å²) in [6.07, 6.45) is -3.04. The minimum atomic E-state index is -4.49. The van der Waals surface area contributed by atoms with E-state index in [1.165, 1.54) is 19.4 Å². The number of rotatable bonds is 2. The maximum atomic E-state index is 13.6. The second kappa shape index (κ2) is 5.33. The first-order valence-electron chi connectivity index (χ1n) is 6.60. The van der Waals surface area contributed by atoms with Gasteiger partial charge in [0.25, 0.3) is 0 Å². The summed E-state index contributed by atoms with van der Waals surface area (Å²) >= 11 is 0. The Bertz CT molecular complexity index is 827. The van der Waals surface area contributed by atoms with Gasteiger partial charge in [-0.15, -0.1) is 0 Å². The molecule has 0 amide bonds. The molecule has 0 aliphatic rings. The van der Waals surface area contributed by atoms with Crippen LogP contribution >= 0.6 is 0 Å². The highest BCUT2D eigenvalue weighted by Gasteiger charge is 2.36. The van der Waals surface area contributed by atoms with Crippen LogP contribution in [0.2, 0.25) is 0 Å². The molecule has 0 aliphatic heterocycles. The van der Waals surface area contributed by atoms with Crippen molar-refractivity contribution in [2.75, 3.05) is 7.11 Å². The van der Waals surface area contributed by atoms with Crippen molar-refractivity contribution in [3.8, 4) is 17.0 Å². The molecule has 1 heterocycles. The van der Waals surface area contributed by atoms with Gasteiger partial charge in [0.1, 0.15) is 5.75 Å². The fraction of sp³-hybridized carbons (Fsp3) is 0.118. The molecular weight excluding hydrogens is 291 g/mol. The second-order valence-corrected chi connectivity index (χ2v) is 4.80. The summed E-state index contributed by atoms with van der Waals surface area (Å²) in [7, 11) is 1.47. The highest BCUT2D eigenvalue weighted by atomic mass is 19.4. The van der Waals surface area contributed by atoms with Crippen molar-refractivity contribution < 1.29 is 17.9 Å². The lowest BCUT2D eigenvalue weighted by molar-refractivity contribution is -0.136. The lowest BCUT2D eigenvalue weighted by atomic mass is 9.99. The Labute approximate surface area is 125 Å². The number of hydrogen-bond donors (Lipinski definition) is 0. The summed E-state index contributed by atoms with van der Waals surface area (Å²) in [5.74, 6) is 0.487. The molecule has 1 aromatic heterocycles. The van der Waals surface area contributed by atoms with Crippen LogP contribution in [0.15, 0.2) is 54.7 Å². The van der Waals surface area contributed by atoms with E-state index in [2.05, 4.69) is 4.98 Å². The van der Waals surface area contributed by atoms with Crippen LogP contribution in [0.5, 0.6) is 5.75 Å². The Morgan fingerprint density at radius 2 is 1.77 bits per heavy atom. The van der Waals surface area contributed by atoms with E-state index in [4.69, 9.17) is 4.74 Å². The number of fused-ring (bicyclic) bond motifs is 1. The molecule has 22 heavy (non-hydrogen) atoms. The third-order valence-corrected chi connectivity index (χ3v) is 3.43. The molecule has 0 atom stereocenters. The second-order valence-electron chi connectivity index (χ2n) is 4.80. The zero-order valence-electron chi connectivity index (χ0n) is 11.7. The van der Waals surface area contributed by atoms with Crippen molar-refractivity contribution in [2.24, 2.45) is 0 Å². The van der Waals surface area contributed by atoms with Gasteiger partial charge in [-0.1, -0.05) is 36.4 Å². The fourth-order valence-corrected chi connectivity index (χ4v) is 2.44. The SMILES string of the molecule is COc1cccc(-c2ncc3ccccc3c2C(F)(F)F)c1. The highest BCUT2D eigenvalue weighted by Crippen LogP contribution is 2.40. The molecule has 112 valence electrons. The number of hydrogen-bond acceptors (Lipinski definition) is 2. The quantitative estimate of drug-likeness (QED) is 0.669. The van der Waals surface area contributed by atoms with Crippen LogP contribution in [0.3, 0.4) is 0 Å². The largest absolute Gasteiger partial charge is 0.497 e. The summed E-state index contributed by atoms with van der Waals surface area (Å²) in [5.41, 5.74) is -0.443. The number of ether oxygens (including phenoxy) is 1. The van der Waals surface area contributed by atoms with Gasteiger partial charge in [-0.2, -0.15) is 13.2 Å². The first kappa shape index (κ1) is 14.4. The Morgan fingerprint density at radius 3 is 2.50 bits per heavy atom. The van der Waals surface area contributed by atoms with Gasteiger partial charge in [0.15, 0.2) is 0 Å². The smallest absolute Gasteiger partial charge is 0.419 e. The number of benzene rings is 2. The third-order valence-electron chi connectivity index (χ3n) is 3.43. The molecule has 0 spiro atoms. The molecule has 0 saturated heterocycles. The standard InChI is InChI=1S/C17H12F3NO/c1-22-13-7-4-6-11(9-13)16-15(17(18,19)20)14-8-3-2-5-12(14)10-21-16/h2-10H,1H3. The molecule has 3 rings (SSSR count). The number of nitrogens with zero attached hydrogens (tertiary/aromatic N) is 1. The predicted octanol–water partition coefficient (Wildman–Crippen LogP) is 4.93. The Balaban J connectivity index is 2.33. The molecule has 2 nitrogen and oxygen atoms in total. The number of halogens is 3. The van der Waals surface area contributed by atoms with Gasteiger partial charge >= 0.3 is 6.18 Å². The summed E-state index contributed by atoms with van der Waals surface area (Å²) in [6.45, 7) is 0. The van der Waals surface area contributed by atoms with E-state index in [0.717, 1.165) is 0 Å². The third kappa shape index (κ3) is 2.50. The molecular formula is C17H12F3NO. The van der Waals surface area contributed by atoms with E-state index >= 15 is 0 Å². The molecule has 3 aromatic rings. The summed E-state index contributed by atoms with van der Waals surface area (Å²) in [5, 5.41) is 0.601. The van der Waals surface area contributed by atoms with Gasteiger partial charge in [0, 0.05) is 17.1 Å². The average Bonchev–Trinajstić information content (AvgIpc) is 2.53. The summed E-state index contributed by atoms with van der Waals surface area (Å²) < 4.78 is 45.8. The average molecular weight is 303 g/mol. The topological polar surface area (TPSA) is 22.1 Å². The maximum Gasteiger partial charge on any atom is 0.419 e. The number of pyridine rings is 1. The fourth-order valence-electron chi connectivity index (χ4n) is 2.44. The number of aromatic nitrogens is 1. The lowest BCUT2D eigenvalue weighted by Crippen LogP contribution is -2.09. The molecule has 0 N–H and O–H groups in total. The van der Waals surface area contributed by atoms with Crippen LogP contribution in [0, 0.1) is 0 Å². The molecule has 0 unspecified atom stereocenters. The molecule has 5 heteroatoms. The summed E-state index contributed by atoms with van der Waals surface area (Å²) in [6, 6.07) is 12.8. The molecule has 2 aromatic carbocycles. The monoisotopic (exact) mass is 303 g/mol. The molecule has 0 fully saturated rings. The molecule has 0 aliphatic carbocycles. The van der Waals surface area contributed by atoms with Crippen molar-refractivity contribution in [1.29, 1.82) is 0 Å². The van der Waals surface area contributed by atoms with Gasteiger partial charge in [0.05, 0.1) is 18.4 Å². The van der Waals surface area contributed by atoms with Crippen LogP contribution < -0.4 is 4.74 Å². The van der Waals surface area contributed by atoms with Gasteiger partial charge in [0.2, 0.25) is 0 Å². The van der Waals surface area contributed by atoms with E-state index in [9.17, 15) is 13.2 Å². The normalized spacial score (nSPS) is 11.6. The van der Waals surface area contributed by atoms with Gasteiger partial charge in [-0.25, -0.2) is 0 Å². The van der Waals surface area contributed by atoms with Gasteiger partial charge in [-0.05, 0) is 17.5 Å². The van der Waals surface area contributed by atoms with Gasteiger partial charge in [-0.3, -0.25) is 4.98 Å². The zero-order chi connectivity index (χ0) is 15.7. The van der Waals surface area contributed by atoms with Crippen LogP contribution in [0.25, 0.3) is 22.0 Å². The first-order valence-corrected chi connectivity index (χ1v) is 6.60. The van der Waals surface area contributed by atoms with E-state index in [0.29, 0.717) is 16.7 Å². The zero-order valence-corrected chi connectivity index (χ0v) is 11.7. The Morgan fingerprint density at radius 1 is 1.00 bits per heavy atom. The Hall–Kier alpha value is -2.56. The minimum absolute atomic E-state index is 0.0925. The van der Waals surface area contributed by atoms with Crippen molar-refractivity contribution in [3.05, 3.63) is 60.3 Å². The Kier molecular flexibility index (Phi) is 3.48. The summed E-state index contributed by atoms with van der Waals surface area (Å²) in [4.78, 5) is 4.04. The number of alkyl halides is 3. The van der Waals surface area contributed by atoms with Crippen molar-refractivity contribution in [2.45, 2.75) is 6.18 Å².